The summed E-state index contributed by atoms with van der Waals surface area (Å²) in [5.41, 5.74) is 2.09. The van der Waals surface area contributed by atoms with Gasteiger partial charge < -0.3 is 4.74 Å². The number of hydrogen-bond donors (Lipinski definition) is 0. The van der Waals surface area contributed by atoms with Gasteiger partial charge in [0.15, 0.2) is 0 Å². The molecule has 1 heterocycles. The van der Waals surface area contributed by atoms with Crippen molar-refractivity contribution in [1.29, 1.82) is 0 Å². The van der Waals surface area contributed by atoms with Crippen LogP contribution in [0.1, 0.15) is 24.5 Å². The van der Waals surface area contributed by atoms with Crippen molar-refractivity contribution >= 4 is 5.97 Å². The largest absolute Gasteiger partial charge is 0.425 e. The van der Waals surface area contributed by atoms with Gasteiger partial charge in [-0.1, -0.05) is 54.1 Å². The van der Waals surface area contributed by atoms with Crippen LogP contribution in [0, 0.1) is 0 Å². The normalized spacial score (nSPS) is 20.4. The van der Waals surface area contributed by atoms with Crippen molar-refractivity contribution in [3.8, 4) is 5.75 Å². The number of benzene rings is 2. The van der Waals surface area contributed by atoms with Crippen molar-refractivity contribution in [3.05, 3.63) is 77.9 Å². The molecule has 0 amide bonds. The first-order valence-corrected chi connectivity index (χ1v) is 6.66. The number of hydrogen-bond acceptors (Lipinski definition) is 2. The monoisotopic (exact) mass is 264 g/mol. The van der Waals surface area contributed by atoms with Crippen LogP contribution >= 0.6 is 0 Å². The highest BCUT2D eigenvalue weighted by Crippen LogP contribution is 2.47. The Morgan fingerprint density at radius 2 is 1.75 bits per heavy atom. The third kappa shape index (κ3) is 1.76. The number of rotatable bonds is 3. The van der Waals surface area contributed by atoms with E-state index in [4.69, 9.17) is 4.74 Å². The summed E-state index contributed by atoms with van der Waals surface area (Å²) in [7, 11) is 0. The van der Waals surface area contributed by atoms with Crippen LogP contribution in [0.4, 0.5) is 0 Å². The average molecular weight is 264 g/mol. The number of esters is 1. The lowest BCUT2D eigenvalue weighted by atomic mass is 9.71. The van der Waals surface area contributed by atoms with Crippen LogP contribution in [-0.4, -0.2) is 5.97 Å². The van der Waals surface area contributed by atoms with Gasteiger partial charge in [-0.3, -0.25) is 4.79 Å². The molecule has 0 radical (unpaired) electrons. The molecule has 0 aliphatic carbocycles. The van der Waals surface area contributed by atoms with E-state index in [1.165, 1.54) is 0 Å². The fourth-order valence-electron chi connectivity index (χ4n) is 2.92. The Morgan fingerprint density at radius 1 is 1.10 bits per heavy atom. The molecular weight excluding hydrogens is 248 g/mol. The van der Waals surface area contributed by atoms with Crippen LogP contribution in [0.25, 0.3) is 0 Å². The van der Waals surface area contributed by atoms with Gasteiger partial charge in [-0.05, 0) is 25.0 Å². The minimum absolute atomic E-state index is 0.215. The molecule has 2 aromatic carbocycles. The number of para-hydroxylation sites is 1. The molecule has 0 saturated heterocycles. The first kappa shape index (κ1) is 12.7. The summed E-state index contributed by atoms with van der Waals surface area (Å²) in [6, 6.07) is 17.4. The zero-order valence-electron chi connectivity index (χ0n) is 11.4. The first-order valence-electron chi connectivity index (χ1n) is 6.66. The van der Waals surface area contributed by atoms with E-state index in [-0.39, 0.29) is 5.97 Å². The molecular formula is C18H16O2. The lowest BCUT2D eigenvalue weighted by Crippen LogP contribution is -2.35. The molecule has 20 heavy (non-hydrogen) atoms. The second-order valence-corrected chi connectivity index (χ2v) is 5.29. The minimum Gasteiger partial charge on any atom is -0.425 e. The third-order valence-electron chi connectivity index (χ3n) is 3.73. The van der Waals surface area contributed by atoms with Gasteiger partial charge in [-0.25, -0.2) is 0 Å². The summed E-state index contributed by atoms with van der Waals surface area (Å²) in [6.45, 7) is 5.93. The predicted molar refractivity (Wildman–Crippen MR) is 78.7 cm³/mol. The molecule has 2 aromatic rings. The molecule has 2 heteroatoms. The predicted octanol–water partition coefficient (Wildman–Crippen LogP) is 3.86. The lowest BCUT2D eigenvalue weighted by molar-refractivity contribution is -0.136. The zero-order chi connectivity index (χ0) is 14.2. The van der Waals surface area contributed by atoms with Gasteiger partial charge in [0.1, 0.15) is 11.2 Å². The third-order valence-corrected chi connectivity index (χ3v) is 3.73. The van der Waals surface area contributed by atoms with Crippen LogP contribution in [0.15, 0.2) is 66.7 Å². The maximum absolute atomic E-state index is 12.6. The van der Waals surface area contributed by atoms with Gasteiger partial charge in [-0.2, -0.15) is 0 Å². The SMILES string of the molecule is C=C(C)CC1(c2ccccc2)C(=O)Oc2ccccc21. The number of carbonyl (C=O) groups excluding carboxylic acids is 1. The molecule has 1 atom stereocenters. The first-order chi connectivity index (χ1) is 9.64. The molecule has 100 valence electrons. The van der Waals surface area contributed by atoms with Crippen LogP contribution in [-0.2, 0) is 10.2 Å². The summed E-state index contributed by atoms with van der Waals surface area (Å²) >= 11 is 0. The fourth-order valence-corrected chi connectivity index (χ4v) is 2.92. The molecule has 0 fully saturated rings. The van der Waals surface area contributed by atoms with Crippen LogP contribution in [0.2, 0.25) is 0 Å². The highest BCUT2D eigenvalue weighted by Gasteiger charge is 2.50. The number of ether oxygens (including phenoxy) is 1. The van der Waals surface area contributed by atoms with Crippen LogP contribution < -0.4 is 4.74 Å². The van der Waals surface area contributed by atoms with Gasteiger partial charge in [0, 0.05) is 5.56 Å². The van der Waals surface area contributed by atoms with Crippen molar-refractivity contribution in [2.45, 2.75) is 18.8 Å². The molecule has 1 aliphatic rings. The van der Waals surface area contributed by atoms with E-state index in [1.54, 1.807) is 0 Å². The molecule has 0 spiro atoms. The van der Waals surface area contributed by atoms with Gasteiger partial charge >= 0.3 is 5.97 Å². The molecule has 2 nitrogen and oxygen atoms in total. The van der Waals surface area contributed by atoms with Crippen molar-refractivity contribution in [1.82, 2.24) is 0 Å². The van der Waals surface area contributed by atoms with E-state index >= 15 is 0 Å². The van der Waals surface area contributed by atoms with Gasteiger partial charge in [0.25, 0.3) is 0 Å². The van der Waals surface area contributed by atoms with Gasteiger partial charge in [0.2, 0.25) is 0 Å². The number of allylic oxidation sites excluding steroid dienone is 1. The molecule has 0 N–H and O–H groups in total. The maximum Gasteiger partial charge on any atom is 0.326 e. The Morgan fingerprint density at radius 3 is 2.45 bits per heavy atom. The Kier molecular flexibility index (Phi) is 2.94. The molecule has 1 aliphatic heterocycles. The maximum atomic E-state index is 12.6. The molecule has 0 saturated carbocycles. The Labute approximate surface area is 118 Å². The van der Waals surface area contributed by atoms with E-state index in [0.29, 0.717) is 12.2 Å². The standard InChI is InChI=1S/C18H16O2/c1-13(2)12-18(14-8-4-3-5-9-14)15-10-6-7-11-16(15)20-17(18)19/h3-11H,1,12H2,2H3. The lowest BCUT2D eigenvalue weighted by Gasteiger charge is -2.26. The summed E-state index contributed by atoms with van der Waals surface area (Å²) in [5.74, 6) is 0.440. The highest BCUT2D eigenvalue weighted by molar-refractivity contribution is 5.94. The summed E-state index contributed by atoms with van der Waals surface area (Å²) in [4.78, 5) is 12.6. The van der Waals surface area contributed by atoms with E-state index < -0.39 is 5.41 Å². The second-order valence-electron chi connectivity index (χ2n) is 5.29. The van der Waals surface area contributed by atoms with E-state index in [0.717, 1.165) is 16.7 Å². The summed E-state index contributed by atoms with van der Waals surface area (Å²) in [5, 5.41) is 0. The van der Waals surface area contributed by atoms with Crippen LogP contribution in [0.5, 0.6) is 5.75 Å². The Bertz CT molecular complexity index is 673. The van der Waals surface area contributed by atoms with E-state index in [2.05, 4.69) is 6.58 Å². The highest BCUT2D eigenvalue weighted by atomic mass is 16.5. The second kappa shape index (κ2) is 4.64. The van der Waals surface area contributed by atoms with Crippen molar-refractivity contribution in [2.75, 3.05) is 0 Å². The Hall–Kier alpha value is -2.35. The number of carbonyl (C=O) groups is 1. The zero-order valence-corrected chi connectivity index (χ0v) is 11.4. The van der Waals surface area contributed by atoms with Crippen molar-refractivity contribution in [2.24, 2.45) is 0 Å². The average Bonchev–Trinajstić information content (AvgIpc) is 2.73. The quantitative estimate of drug-likeness (QED) is 0.478. The van der Waals surface area contributed by atoms with Crippen molar-refractivity contribution in [3.63, 3.8) is 0 Å². The van der Waals surface area contributed by atoms with E-state index in [9.17, 15) is 4.79 Å². The van der Waals surface area contributed by atoms with E-state index in [1.807, 2.05) is 61.5 Å². The smallest absolute Gasteiger partial charge is 0.326 e. The van der Waals surface area contributed by atoms with Crippen molar-refractivity contribution < 1.29 is 9.53 Å². The minimum atomic E-state index is -0.760. The molecule has 3 rings (SSSR count). The summed E-state index contributed by atoms with van der Waals surface area (Å²) < 4.78 is 5.50. The molecule has 1 unspecified atom stereocenters. The van der Waals surface area contributed by atoms with Gasteiger partial charge in [0.05, 0.1) is 0 Å². The number of fused-ring (bicyclic) bond motifs is 1. The topological polar surface area (TPSA) is 26.3 Å². The Balaban J connectivity index is 2.27. The molecule has 0 bridgehead atoms. The van der Waals surface area contributed by atoms with Crippen LogP contribution in [0.3, 0.4) is 0 Å². The summed E-state index contributed by atoms with van der Waals surface area (Å²) in [6.07, 6.45) is 0.562. The fraction of sp³-hybridized carbons (Fsp3) is 0.167. The molecule has 0 aromatic heterocycles. The van der Waals surface area contributed by atoms with Gasteiger partial charge in [-0.15, -0.1) is 6.58 Å².